The Balaban J connectivity index is 1.82. The van der Waals surface area contributed by atoms with Gasteiger partial charge in [0.05, 0.1) is 7.11 Å². The Labute approximate surface area is 130 Å². The molecule has 0 heterocycles. The van der Waals surface area contributed by atoms with Crippen molar-refractivity contribution in [1.29, 1.82) is 0 Å². The SMILES string of the molecule is COc1ccccc1CNC(=O)N/C=C/c1ccc(C)cc1. The van der Waals surface area contributed by atoms with Crippen molar-refractivity contribution in [1.82, 2.24) is 10.6 Å². The fraction of sp³-hybridized carbons (Fsp3) is 0.167. The molecule has 114 valence electrons. The van der Waals surface area contributed by atoms with Crippen LogP contribution in [0.5, 0.6) is 5.75 Å². The maximum Gasteiger partial charge on any atom is 0.319 e. The Morgan fingerprint density at radius 2 is 1.86 bits per heavy atom. The van der Waals surface area contributed by atoms with Gasteiger partial charge in [-0.2, -0.15) is 0 Å². The molecular formula is C18H20N2O2. The van der Waals surface area contributed by atoms with Gasteiger partial charge >= 0.3 is 6.03 Å². The van der Waals surface area contributed by atoms with Crippen molar-refractivity contribution in [2.24, 2.45) is 0 Å². The van der Waals surface area contributed by atoms with Gasteiger partial charge in [0.15, 0.2) is 0 Å². The normalized spacial score (nSPS) is 10.5. The Morgan fingerprint density at radius 1 is 1.14 bits per heavy atom. The molecule has 2 amide bonds. The molecule has 0 spiro atoms. The maximum atomic E-state index is 11.7. The predicted octanol–water partition coefficient (Wildman–Crippen LogP) is 3.47. The van der Waals surface area contributed by atoms with Crippen molar-refractivity contribution < 1.29 is 9.53 Å². The number of methoxy groups -OCH3 is 1. The Morgan fingerprint density at radius 3 is 2.59 bits per heavy atom. The van der Waals surface area contributed by atoms with Gasteiger partial charge in [-0.05, 0) is 24.6 Å². The number of para-hydroxylation sites is 1. The van der Waals surface area contributed by atoms with Crippen LogP contribution in [0.3, 0.4) is 0 Å². The molecule has 2 aromatic rings. The van der Waals surface area contributed by atoms with Crippen LogP contribution >= 0.6 is 0 Å². The van der Waals surface area contributed by atoms with Crippen molar-refractivity contribution >= 4 is 12.1 Å². The molecule has 0 aliphatic rings. The van der Waals surface area contributed by atoms with Gasteiger partial charge < -0.3 is 15.4 Å². The number of amides is 2. The van der Waals surface area contributed by atoms with Crippen molar-refractivity contribution in [3.63, 3.8) is 0 Å². The van der Waals surface area contributed by atoms with E-state index in [4.69, 9.17) is 4.74 Å². The third-order valence-corrected chi connectivity index (χ3v) is 3.20. The third-order valence-electron chi connectivity index (χ3n) is 3.20. The highest BCUT2D eigenvalue weighted by atomic mass is 16.5. The molecule has 0 unspecified atom stereocenters. The summed E-state index contributed by atoms with van der Waals surface area (Å²) in [6.45, 7) is 2.45. The van der Waals surface area contributed by atoms with E-state index < -0.39 is 0 Å². The second-order valence-corrected chi connectivity index (χ2v) is 4.88. The zero-order valence-electron chi connectivity index (χ0n) is 12.8. The zero-order valence-corrected chi connectivity index (χ0v) is 12.8. The van der Waals surface area contributed by atoms with Crippen LogP contribution in [0.1, 0.15) is 16.7 Å². The molecule has 2 rings (SSSR count). The Hall–Kier alpha value is -2.75. The molecule has 0 fully saturated rings. The number of rotatable bonds is 5. The average molecular weight is 296 g/mol. The highest BCUT2D eigenvalue weighted by molar-refractivity contribution is 5.76. The van der Waals surface area contributed by atoms with E-state index in [-0.39, 0.29) is 6.03 Å². The van der Waals surface area contributed by atoms with Gasteiger partial charge in [0.25, 0.3) is 0 Å². The summed E-state index contributed by atoms with van der Waals surface area (Å²) in [5, 5.41) is 5.47. The number of nitrogens with one attached hydrogen (secondary N) is 2. The van der Waals surface area contributed by atoms with Crippen LogP contribution in [-0.2, 0) is 6.54 Å². The fourth-order valence-corrected chi connectivity index (χ4v) is 1.97. The topological polar surface area (TPSA) is 50.4 Å². The van der Waals surface area contributed by atoms with E-state index in [1.807, 2.05) is 61.5 Å². The maximum absolute atomic E-state index is 11.7. The van der Waals surface area contributed by atoms with Gasteiger partial charge in [-0.15, -0.1) is 0 Å². The van der Waals surface area contributed by atoms with E-state index in [2.05, 4.69) is 10.6 Å². The molecule has 0 atom stereocenters. The number of carbonyl (C=O) groups is 1. The van der Waals surface area contributed by atoms with Crippen LogP contribution in [0.25, 0.3) is 6.08 Å². The van der Waals surface area contributed by atoms with Gasteiger partial charge in [-0.3, -0.25) is 0 Å². The highest BCUT2D eigenvalue weighted by Crippen LogP contribution is 2.16. The minimum absolute atomic E-state index is 0.255. The molecule has 4 nitrogen and oxygen atoms in total. The van der Waals surface area contributed by atoms with Crippen molar-refractivity contribution in [2.75, 3.05) is 7.11 Å². The van der Waals surface area contributed by atoms with Gasteiger partial charge in [0, 0.05) is 18.3 Å². The van der Waals surface area contributed by atoms with E-state index >= 15 is 0 Å². The smallest absolute Gasteiger partial charge is 0.319 e. The Kier molecular flexibility index (Phi) is 5.60. The summed E-state index contributed by atoms with van der Waals surface area (Å²) in [6, 6.07) is 15.4. The molecule has 0 bridgehead atoms. The summed E-state index contributed by atoms with van der Waals surface area (Å²) < 4.78 is 5.24. The summed E-state index contributed by atoms with van der Waals surface area (Å²) in [4.78, 5) is 11.7. The Bertz CT molecular complexity index is 648. The molecule has 0 saturated heterocycles. The van der Waals surface area contributed by atoms with Crippen molar-refractivity contribution in [3.8, 4) is 5.75 Å². The summed E-state index contributed by atoms with van der Waals surface area (Å²) in [5.74, 6) is 0.762. The lowest BCUT2D eigenvalue weighted by atomic mass is 10.1. The van der Waals surface area contributed by atoms with Crippen LogP contribution in [0.2, 0.25) is 0 Å². The second kappa shape index (κ2) is 7.88. The minimum atomic E-state index is -0.255. The quantitative estimate of drug-likeness (QED) is 0.887. The lowest BCUT2D eigenvalue weighted by Gasteiger charge is -2.09. The standard InChI is InChI=1S/C18H20N2O2/c1-14-7-9-15(10-8-14)11-12-19-18(21)20-13-16-5-3-4-6-17(16)22-2/h3-12H,13H2,1-2H3,(H2,19,20,21)/b12-11+. The first-order valence-electron chi connectivity index (χ1n) is 7.08. The first kappa shape index (κ1) is 15.6. The summed E-state index contributed by atoms with van der Waals surface area (Å²) in [5.41, 5.74) is 3.18. The van der Waals surface area contributed by atoms with E-state index in [0.29, 0.717) is 6.54 Å². The van der Waals surface area contributed by atoms with Crippen LogP contribution in [-0.4, -0.2) is 13.1 Å². The monoisotopic (exact) mass is 296 g/mol. The third kappa shape index (κ3) is 4.66. The van der Waals surface area contributed by atoms with Crippen molar-refractivity contribution in [2.45, 2.75) is 13.5 Å². The highest BCUT2D eigenvalue weighted by Gasteiger charge is 2.03. The molecule has 4 heteroatoms. The van der Waals surface area contributed by atoms with Crippen molar-refractivity contribution in [3.05, 3.63) is 71.4 Å². The number of hydrogen-bond acceptors (Lipinski definition) is 2. The van der Waals surface area contributed by atoms with E-state index in [0.717, 1.165) is 16.9 Å². The molecule has 0 saturated carbocycles. The molecule has 22 heavy (non-hydrogen) atoms. The minimum Gasteiger partial charge on any atom is -0.496 e. The number of carbonyl (C=O) groups excluding carboxylic acids is 1. The van der Waals surface area contributed by atoms with Gasteiger partial charge in [-0.1, -0.05) is 48.0 Å². The summed E-state index contributed by atoms with van der Waals surface area (Å²) in [7, 11) is 1.61. The molecule has 0 aromatic heterocycles. The van der Waals surface area contributed by atoms with Gasteiger partial charge in [0.2, 0.25) is 0 Å². The summed E-state index contributed by atoms with van der Waals surface area (Å²) in [6.07, 6.45) is 3.48. The summed E-state index contributed by atoms with van der Waals surface area (Å²) >= 11 is 0. The molecule has 2 aromatic carbocycles. The largest absolute Gasteiger partial charge is 0.496 e. The molecule has 2 N–H and O–H groups in total. The predicted molar refractivity (Wildman–Crippen MR) is 88.6 cm³/mol. The molecular weight excluding hydrogens is 276 g/mol. The second-order valence-electron chi connectivity index (χ2n) is 4.88. The van der Waals surface area contributed by atoms with E-state index in [1.54, 1.807) is 13.3 Å². The number of urea groups is 1. The first-order chi connectivity index (χ1) is 10.7. The molecule has 0 aliphatic carbocycles. The molecule has 0 aliphatic heterocycles. The van der Waals surface area contributed by atoms with Gasteiger partial charge in [0.1, 0.15) is 5.75 Å². The van der Waals surface area contributed by atoms with Crippen LogP contribution in [0.15, 0.2) is 54.7 Å². The van der Waals surface area contributed by atoms with Crippen LogP contribution in [0.4, 0.5) is 4.79 Å². The van der Waals surface area contributed by atoms with Gasteiger partial charge in [-0.25, -0.2) is 4.79 Å². The number of benzene rings is 2. The average Bonchev–Trinajstić information content (AvgIpc) is 2.55. The zero-order chi connectivity index (χ0) is 15.8. The first-order valence-corrected chi connectivity index (χ1v) is 7.08. The van der Waals surface area contributed by atoms with Crippen LogP contribution in [0, 0.1) is 6.92 Å². The van der Waals surface area contributed by atoms with E-state index in [1.165, 1.54) is 5.56 Å². The number of aryl methyl sites for hydroxylation is 1. The van der Waals surface area contributed by atoms with Crippen LogP contribution < -0.4 is 15.4 Å². The lowest BCUT2D eigenvalue weighted by Crippen LogP contribution is -2.31. The number of hydrogen-bond donors (Lipinski definition) is 2. The van der Waals surface area contributed by atoms with E-state index in [9.17, 15) is 4.79 Å². The fourth-order valence-electron chi connectivity index (χ4n) is 1.97. The number of ether oxygens (including phenoxy) is 1. The lowest BCUT2D eigenvalue weighted by molar-refractivity contribution is 0.243. The molecule has 0 radical (unpaired) electrons.